The summed E-state index contributed by atoms with van der Waals surface area (Å²) >= 11 is 0. The van der Waals surface area contributed by atoms with Gasteiger partial charge in [0.1, 0.15) is 0 Å². The first kappa shape index (κ1) is 15.7. The van der Waals surface area contributed by atoms with Gasteiger partial charge in [0.25, 0.3) is 0 Å². The highest BCUT2D eigenvalue weighted by Gasteiger charge is 2.29. The zero-order valence-corrected chi connectivity index (χ0v) is 12.0. The maximum Gasteiger partial charge on any atom is 0.331 e. The lowest BCUT2D eigenvalue weighted by atomic mass is 9.70. The highest BCUT2D eigenvalue weighted by molar-refractivity contribution is 5.90. The van der Waals surface area contributed by atoms with Crippen LogP contribution in [0, 0.1) is 17.3 Å². The Morgan fingerprint density at radius 2 is 1.74 bits per heavy atom. The molecular weight excluding hydrogens is 244 g/mol. The Morgan fingerprint density at radius 3 is 2.21 bits per heavy atom. The fourth-order valence-corrected chi connectivity index (χ4v) is 2.58. The second kappa shape index (κ2) is 6.73. The summed E-state index contributed by atoms with van der Waals surface area (Å²) in [5.74, 6) is -0.546. The monoisotopic (exact) mass is 268 g/mol. The molecule has 0 aromatic heterocycles. The molecule has 0 bridgehead atoms. The Balaban J connectivity index is 2.27. The number of carbonyl (C=O) groups is 2. The summed E-state index contributed by atoms with van der Waals surface area (Å²) in [6.45, 7) is 7.22. The summed E-state index contributed by atoms with van der Waals surface area (Å²) in [4.78, 5) is 21.5. The van der Waals surface area contributed by atoms with Gasteiger partial charge < -0.3 is 9.84 Å². The second-order valence-corrected chi connectivity index (χ2v) is 6.39. The molecule has 0 radical (unpaired) electrons. The lowest BCUT2D eigenvalue weighted by Crippen LogP contribution is -2.27. The lowest BCUT2D eigenvalue weighted by Gasteiger charge is -2.36. The van der Waals surface area contributed by atoms with E-state index in [9.17, 15) is 9.59 Å². The molecule has 0 spiro atoms. The van der Waals surface area contributed by atoms with Crippen LogP contribution in [0.15, 0.2) is 12.2 Å². The van der Waals surface area contributed by atoms with Crippen LogP contribution in [0.1, 0.15) is 46.5 Å². The standard InChI is InChI=1S/C15H24O4/c1-15(2,3)12-6-4-11(5-7-12)10-19-14(18)9-8-13(16)17/h8-9,11-12H,4-7,10H2,1-3H3,(H,16,17)/b9-8+. The minimum atomic E-state index is -1.14. The van der Waals surface area contributed by atoms with Crippen LogP contribution in [0.3, 0.4) is 0 Å². The van der Waals surface area contributed by atoms with Gasteiger partial charge in [-0.2, -0.15) is 0 Å². The molecule has 4 heteroatoms. The van der Waals surface area contributed by atoms with Crippen molar-refractivity contribution in [3.05, 3.63) is 12.2 Å². The number of esters is 1. The van der Waals surface area contributed by atoms with Crippen LogP contribution < -0.4 is 0 Å². The van der Waals surface area contributed by atoms with Gasteiger partial charge in [-0.05, 0) is 42.9 Å². The zero-order chi connectivity index (χ0) is 14.5. The summed E-state index contributed by atoms with van der Waals surface area (Å²) in [7, 11) is 0. The van der Waals surface area contributed by atoms with Gasteiger partial charge in [-0.15, -0.1) is 0 Å². The van der Waals surface area contributed by atoms with E-state index in [-0.39, 0.29) is 0 Å². The smallest absolute Gasteiger partial charge is 0.331 e. The number of carboxylic acid groups (broad SMARTS) is 1. The molecule has 1 saturated carbocycles. The largest absolute Gasteiger partial charge is 0.478 e. The van der Waals surface area contributed by atoms with E-state index in [0.717, 1.165) is 30.9 Å². The van der Waals surface area contributed by atoms with Crippen molar-refractivity contribution >= 4 is 11.9 Å². The lowest BCUT2D eigenvalue weighted by molar-refractivity contribution is -0.140. The van der Waals surface area contributed by atoms with Gasteiger partial charge >= 0.3 is 11.9 Å². The molecule has 1 rings (SSSR count). The molecule has 0 aliphatic heterocycles. The summed E-state index contributed by atoms with van der Waals surface area (Å²) in [6.07, 6.45) is 6.28. The number of carboxylic acids is 1. The molecule has 0 atom stereocenters. The fourth-order valence-electron chi connectivity index (χ4n) is 2.58. The fraction of sp³-hybridized carbons (Fsp3) is 0.733. The van der Waals surface area contributed by atoms with Crippen LogP contribution in [0.2, 0.25) is 0 Å². The number of hydrogen-bond acceptors (Lipinski definition) is 3. The van der Waals surface area contributed by atoms with Gasteiger partial charge in [-0.1, -0.05) is 20.8 Å². The van der Waals surface area contributed by atoms with E-state index in [1.54, 1.807) is 0 Å². The van der Waals surface area contributed by atoms with Gasteiger partial charge in [0.2, 0.25) is 0 Å². The predicted octanol–water partition coefficient (Wildman–Crippen LogP) is 3.02. The quantitative estimate of drug-likeness (QED) is 0.629. The third-order valence-corrected chi connectivity index (χ3v) is 3.89. The number of hydrogen-bond donors (Lipinski definition) is 1. The van der Waals surface area contributed by atoms with Crippen LogP contribution in [0.25, 0.3) is 0 Å². The number of rotatable bonds is 4. The van der Waals surface area contributed by atoms with E-state index in [1.165, 1.54) is 12.8 Å². The Kier molecular flexibility index (Phi) is 5.58. The molecule has 0 amide bonds. The molecule has 0 aromatic carbocycles. The van der Waals surface area contributed by atoms with Gasteiger partial charge in [-0.25, -0.2) is 9.59 Å². The maximum absolute atomic E-state index is 11.2. The molecule has 0 heterocycles. The molecule has 0 unspecified atom stereocenters. The van der Waals surface area contributed by atoms with Crippen LogP contribution >= 0.6 is 0 Å². The number of ether oxygens (including phenoxy) is 1. The average molecular weight is 268 g/mol. The molecule has 1 aliphatic carbocycles. The van der Waals surface area contributed by atoms with E-state index < -0.39 is 11.9 Å². The van der Waals surface area contributed by atoms with Gasteiger partial charge in [-0.3, -0.25) is 0 Å². The first-order valence-corrected chi connectivity index (χ1v) is 6.87. The molecule has 0 aromatic rings. The van der Waals surface area contributed by atoms with Crippen molar-refractivity contribution in [2.24, 2.45) is 17.3 Å². The van der Waals surface area contributed by atoms with E-state index in [0.29, 0.717) is 17.9 Å². The minimum absolute atomic E-state index is 0.353. The first-order chi connectivity index (χ1) is 8.79. The van der Waals surface area contributed by atoms with E-state index in [4.69, 9.17) is 9.84 Å². The molecule has 108 valence electrons. The Labute approximate surface area is 114 Å². The summed E-state index contributed by atoms with van der Waals surface area (Å²) in [6, 6.07) is 0. The van der Waals surface area contributed by atoms with Gasteiger partial charge in [0.05, 0.1) is 6.61 Å². The van der Waals surface area contributed by atoms with Crippen LogP contribution in [-0.2, 0) is 14.3 Å². The summed E-state index contributed by atoms with van der Waals surface area (Å²) in [5, 5.41) is 8.39. The van der Waals surface area contributed by atoms with Crippen LogP contribution in [0.5, 0.6) is 0 Å². The second-order valence-electron chi connectivity index (χ2n) is 6.39. The Morgan fingerprint density at radius 1 is 1.16 bits per heavy atom. The molecule has 1 N–H and O–H groups in total. The SMILES string of the molecule is CC(C)(C)C1CCC(COC(=O)/C=C/C(=O)O)CC1. The molecule has 1 aliphatic rings. The summed E-state index contributed by atoms with van der Waals surface area (Å²) < 4.78 is 5.06. The molecule has 19 heavy (non-hydrogen) atoms. The number of carbonyl (C=O) groups excluding carboxylic acids is 1. The average Bonchev–Trinajstić information content (AvgIpc) is 2.33. The van der Waals surface area contributed by atoms with Gasteiger partial charge in [0, 0.05) is 12.2 Å². The van der Waals surface area contributed by atoms with Crippen LogP contribution in [0.4, 0.5) is 0 Å². The van der Waals surface area contributed by atoms with Crippen molar-refractivity contribution in [2.75, 3.05) is 6.61 Å². The predicted molar refractivity (Wildman–Crippen MR) is 72.6 cm³/mol. The third-order valence-electron chi connectivity index (χ3n) is 3.89. The normalized spacial score (nSPS) is 24.4. The van der Waals surface area contributed by atoms with E-state index >= 15 is 0 Å². The van der Waals surface area contributed by atoms with E-state index in [1.807, 2.05) is 0 Å². The molecule has 4 nitrogen and oxygen atoms in total. The molecular formula is C15H24O4. The van der Waals surface area contributed by atoms with Crippen molar-refractivity contribution in [2.45, 2.75) is 46.5 Å². The number of aliphatic carboxylic acids is 1. The van der Waals surface area contributed by atoms with E-state index in [2.05, 4.69) is 20.8 Å². The molecule has 1 fully saturated rings. The maximum atomic E-state index is 11.2. The van der Waals surface area contributed by atoms with Crippen LogP contribution in [-0.4, -0.2) is 23.7 Å². The van der Waals surface area contributed by atoms with Crippen molar-refractivity contribution in [1.82, 2.24) is 0 Å². The third kappa shape index (κ3) is 5.90. The molecule has 0 saturated heterocycles. The zero-order valence-electron chi connectivity index (χ0n) is 12.0. The summed E-state index contributed by atoms with van der Waals surface area (Å²) in [5.41, 5.74) is 0.353. The Bertz CT molecular complexity index is 344. The minimum Gasteiger partial charge on any atom is -0.478 e. The highest BCUT2D eigenvalue weighted by atomic mass is 16.5. The Hall–Kier alpha value is -1.32. The first-order valence-electron chi connectivity index (χ1n) is 6.87. The van der Waals surface area contributed by atoms with Crippen molar-refractivity contribution in [3.63, 3.8) is 0 Å². The highest BCUT2D eigenvalue weighted by Crippen LogP contribution is 2.39. The van der Waals surface area contributed by atoms with Crippen molar-refractivity contribution < 1.29 is 19.4 Å². The van der Waals surface area contributed by atoms with Gasteiger partial charge in [0.15, 0.2) is 0 Å². The topological polar surface area (TPSA) is 63.6 Å². The van der Waals surface area contributed by atoms with Crippen molar-refractivity contribution in [1.29, 1.82) is 0 Å². The van der Waals surface area contributed by atoms with Crippen molar-refractivity contribution in [3.8, 4) is 0 Å².